The number of anilines is 2. The number of amides is 1. The molecule has 7 heteroatoms. The highest BCUT2D eigenvalue weighted by molar-refractivity contribution is 5.93. The lowest BCUT2D eigenvalue weighted by atomic mass is 10.1. The molecule has 2 aromatic rings. The zero-order valence-corrected chi connectivity index (χ0v) is 19.7. The number of carbonyl (C=O) groups excluding carboxylic acids is 2. The monoisotopic (exact) mass is 459 g/mol. The number of carbonyl (C=O) groups is 2. The van der Waals surface area contributed by atoms with Gasteiger partial charge >= 0.3 is 0 Å². The summed E-state index contributed by atoms with van der Waals surface area (Å²) in [6.45, 7) is 6.42. The van der Waals surface area contributed by atoms with Crippen LogP contribution in [0.15, 0.2) is 42.5 Å². The molecule has 34 heavy (non-hydrogen) atoms. The van der Waals surface area contributed by atoms with Crippen LogP contribution in [0.1, 0.15) is 32.7 Å². The van der Waals surface area contributed by atoms with Crippen molar-refractivity contribution >= 4 is 23.6 Å². The molecule has 3 aliphatic heterocycles. The van der Waals surface area contributed by atoms with Gasteiger partial charge in [0.05, 0.1) is 0 Å². The highest BCUT2D eigenvalue weighted by Crippen LogP contribution is 2.53. The van der Waals surface area contributed by atoms with E-state index in [0.717, 1.165) is 61.3 Å². The minimum Gasteiger partial charge on any atom is -0.371 e. The molecule has 4 fully saturated rings. The van der Waals surface area contributed by atoms with E-state index >= 15 is 0 Å². The second-order valence-corrected chi connectivity index (χ2v) is 10.5. The third kappa shape index (κ3) is 3.67. The number of primary amides is 1. The summed E-state index contributed by atoms with van der Waals surface area (Å²) in [7, 11) is 1.92. The first-order valence-corrected chi connectivity index (χ1v) is 12.4. The molecule has 4 aliphatic rings. The smallest absolute Gasteiger partial charge is 0.248 e. The molecule has 3 N–H and O–H groups in total. The molecular weight excluding hydrogens is 426 g/mol. The number of nitrogens with zero attached hydrogens (tertiary/aromatic N) is 3. The maximum Gasteiger partial charge on any atom is 0.248 e. The van der Waals surface area contributed by atoms with Gasteiger partial charge in [-0.3, -0.25) is 14.5 Å². The van der Waals surface area contributed by atoms with Crippen molar-refractivity contribution in [2.75, 3.05) is 49.6 Å². The van der Waals surface area contributed by atoms with E-state index in [9.17, 15) is 9.59 Å². The van der Waals surface area contributed by atoms with E-state index in [-0.39, 0.29) is 5.91 Å². The Bertz CT molecular complexity index is 1090. The highest BCUT2D eigenvalue weighted by Gasteiger charge is 2.57. The van der Waals surface area contributed by atoms with Gasteiger partial charge in [-0.2, -0.15) is 0 Å². The average molecular weight is 460 g/mol. The Labute approximate surface area is 200 Å². The summed E-state index contributed by atoms with van der Waals surface area (Å²) in [5.74, 6) is 2.05. The Morgan fingerprint density at radius 3 is 2.38 bits per heavy atom. The minimum atomic E-state index is -0.370. The van der Waals surface area contributed by atoms with Crippen LogP contribution in [0.5, 0.6) is 0 Å². The van der Waals surface area contributed by atoms with Crippen molar-refractivity contribution in [1.29, 1.82) is 0 Å². The summed E-state index contributed by atoms with van der Waals surface area (Å²) in [6, 6.07) is 15.2. The van der Waals surface area contributed by atoms with Gasteiger partial charge in [-0.15, -0.1) is 0 Å². The molecular formula is C27H33N5O2. The number of hydrogen-bond acceptors (Lipinski definition) is 6. The Kier molecular flexibility index (Phi) is 5.34. The fraction of sp³-hybridized carbons (Fsp3) is 0.481. The van der Waals surface area contributed by atoms with Gasteiger partial charge in [-0.1, -0.05) is 0 Å². The Hall–Kier alpha value is -2.90. The molecule has 1 aliphatic carbocycles. The molecule has 3 heterocycles. The topological polar surface area (TPSA) is 81.9 Å². The zero-order chi connectivity index (χ0) is 23.4. The number of piperazine rings is 1. The van der Waals surface area contributed by atoms with Gasteiger partial charge in [0.25, 0.3) is 0 Å². The Balaban J connectivity index is 1.03. The molecule has 1 amide bonds. The van der Waals surface area contributed by atoms with Gasteiger partial charge in [-0.25, -0.2) is 0 Å². The van der Waals surface area contributed by atoms with E-state index in [1.165, 1.54) is 24.3 Å². The lowest BCUT2D eigenvalue weighted by Gasteiger charge is -2.36. The van der Waals surface area contributed by atoms with Crippen LogP contribution in [0.25, 0.3) is 0 Å². The van der Waals surface area contributed by atoms with Crippen molar-refractivity contribution in [2.45, 2.75) is 25.0 Å². The summed E-state index contributed by atoms with van der Waals surface area (Å²) in [5.41, 5.74) is 10.2. The van der Waals surface area contributed by atoms with Crippen LogP contribution in [0, 0.1) is 17.8 Å². The molecule has 4 unspecified atom stereocenters. The van der Waals surface area contributed by atoms with Crippen LogP contribution in [0.3, 0.4) is 0 Å². The molecule has 0 aromatic heterocycles. The number of rotatable bonds is 8. The van der Waals surface area contributed by atoms with E-state index in [0.29, 0.717) is 24.2 Å². The number of nitrogens with one attached hydrogen (secondary N) is 1. The predicted octanol–water partition coefficient (Wildman–Crippen LogP) is 1.96. The molecule has 1 saturated carbocycles. The fourth-order valence-electron chi connectivity index (χ4n) is 6.76. The second kappa shape index (κ2) is 8.40. The van der Waals surface area contributed by atoms with Crippen molar-refractivity contribution in [2.24, 2.45) is 23.5 Å². The predicted molar refractivity (Wildman–Crippen MR) is 133 cm³/mol. The van der Waals surface area contributed by atoms with Gasteiger partial charge in [0.1, 0.15) is 6.29 Å². The maximum absolute atomic E-state index is 11.4. The SMILES string of the molecule is CNCc1cc(N2CC3CC2CN3CC2C3CN(c4ccc(C(N)=O)cc4)CC32)ccc1C=O. The van der Waals surface area contributed by atoms with Gasteiger partial charge in [-0.05, 0) is 79.3 Å². The first-order valence-electron chi connectivity index (χ1n) is 12.4. The average Bonchev–Trinajstić information content (AvgIpc) is 3.27. The van der Waals surface area contributed by atoms with Crippen LogP contribution >= 0.6 is 0 Å². The molecule has 3 saturated heterocycles. The first kappa shape index (κ1) is 21.6. The van der Waals surface area contributed by atoms with Crippen LogP contribution in [0.4, 0.5) is 11.4 Å². The number of hydrogen-bond donors (Lipinski definition) is 2. The second-order valence-electron chi connectivity index (χ2n) is 10.5. The number of benzene rings is 2. The summed E-state index contributed by atoms with van der Waals surface area (Å²) < 4.78 is 0. The van der Waals surface area contributed by atoms with E-state index in [1.54, 1.807) is 0 Å². The summed E-state index contributed by atoms with van der Waals surface area (Å²) in [4.78, 5) is 30.4. The van der Waals surface area contributed by atoms with Gasteiger partial charge in [0.15, 0.2) is 0 Å². The van der Waals surface area contributed by atoms with Crippen LogP contribution in [-0.4, -0.2) is 68.9 Å². The van der Waals surface area contributed by atoms with E-state index < -0.39 is 0 Å². The molecule has 4 atom stereocenters. The Morgan fingerprint density at radius 2 is 1.76 bits per heavy atom. The van der Waals surface area contributed by atoms with Crippen molar-refractivity contribution < 1.29 is 9.59 Å². The molecule has 0 radical (unpaired) electrons. The van der Waals surface area contributed by atoms with Crippen LogP contribution < -0.4 is 20.9 Å². The van der Waals surface area contributed by atoms with Crippen molar-refractivity contribution in [3.05, 3.63) is 59.2 Å². The fourth-order valence-corrected chi connectivity index (χ4v) is 6.76. The van der Waals surface area contributed by atoms with E-state index in [4.69, 9.17) is 5.73 Å². The number of piperidine rings is 1. The molecule has 2 bridgehead atoms. The molecule has 7 nitrogen and oxygen atoms in total. The van der Waals surface area contributed by atoms with Crippen molar-refractivity contribution in [1.82, 2.24) is 10.2 Å². The quantitative estimate of drug-likeness (QED) is 0.588. The normalized spacial score (nSPS) is 29.5. The van der Waals surface area contributed by atoms with Crippen molar-refractivity contribution in [3.8, 4) is 0 Å². The van der Waals surface area contributed by atoms with Crippen LogP contribution in [0.2, 0.25) is 0 Å². The third-order valence-electron chi connectivity index (χ3n) is 8.64. The van der Waals surface area contributed by atoms with Gasteiger partial charge < -0.3 is 20.9 Å². The molecule has 178 valence electrons. The largest absolute Gasteiger partial charge is 0.371 e. The highest BCUT2D eigenvalue weighted by atomic mass is 16.1. The number of likely N-dealkylation sites (tertiary alicyclic amines) is 1. The van der Waals surface area contributed by atoms with Crippen molar-refractivity contribution in [3.63, 3.8) is 0 Å². The minimum absolute atomic E-state index is 0.370. The van der Waals surface area contributed by atoms with E-state index in [2.05, 4.69) is 32.1 Å². The maximum atomic E-state index is 11.4. The molecule has 2 aromatic carbocycles. The van der Waals surface area contributed by atoms with E-state index in [1.807, 2.05) is 37.4 Å². The zero-order valence-electron chi connectivity index (χ0n) is 19.7. The molecule has 6 rings (SSSR count). The van der Waals surface area contributed by atoms with Gasteiger partial charge in [0, 0.05) is 73.9 Å². The number of nitrogens with two attached hydrogens (primary N) is 1. The summed E-state index contributed by atoms with van der Waals surface area (Å²) >= 11 is 0. The third-order valence-corrected chi connectivity index (χ3v) is 8.64. The van der Waals surface area contributed by atoms with Crippen LogP contribution in [-0.2, 0) is 6.54 Å². The summed E-state index contributed by atoms with van der Waals surface area (Å²) in [6.07, 6.45) is 2.20. The number of aldehydes is 1. The lowest BCUT2D eigenvalue weighted by molar-refractivity contribution is 0.1000. The first-order chi connectivity index (χ1) is 16.6. The lowest BCUT2D eigenvalue weighted by Crippen LogP contribution is -2.47. The number of fused-ring (bicyclic) bond motifs is 3. The Morgan fingerprint density at radius 1 is 1.03 bits per heavy atom. The molecule has 0 spiro atoms. The standard InChI is InChI=1S/C27H33N5O2/c1-29-10-19-8-21(7-4-18(19)16-33)32-12-22-9-23(32)11-30(22)13-24-25-14-31(15-26(24)25)20-5-2-17(3-6-20)27(28)34/h2-8,16,22-26,29H,9-15H2,1H3,(H2,28,34). The van der Waals surface area contributed by atoms with Gasteiger partial charge in [0.2, 0.25) is 5.91 Å². The summed E-state index contributed by atoms with van der Waals surface area (Å²) in [5, 5.41) is 3.18.